The van der Waals surface area contributed by atoms with E-state index in [2.05, 4.69) is 14.7 Å². The highest BCUT2D eigenvalue weighted by molar-refractivity contribution is 7.99. The summed E-state index contributed by atoms with van der Waals surface area (Å²) in [5.74, 6) is -0.897. The molecule has 2 aliphatic rings. The topological polar surface area (TPSA) is 201 Å². The summed E-state index contributed by atoms with van der Waals surface area (Å²) < 4.78 is 126. The van der Waals surface area contributed by atoms with Crippen LogP contribution in [0, 0.1) is 5.92 Å². The van der Waals surface area contributed by atoms with Gasteiger partial charge in [-0.25, -0.2) is 26.1 Å². The van der Waals surface area contributed by atoms with Crippen LogP contribution in [0.3, 0.4) is 0 Å². The average molecular weight is 1070 g/mol. The van der Waals surface area contributed by atoms with E-state index in [0.717, 1.165) is 33.7 Å². The van der Waals surface area contributed by atoms with Gasteiger partial charge in [0.05, 0.1) is 29.9 Å². The Morgan fingerprint density at radius 1 is 0.871 bits per heavy atom. The third-order valence-corrected chi connectivity index (χ3v) is 16.6. The van der Waals surface area contributed by atoms with E-state index >= 15 is 0 Å². The van der Waals surface area contributed by atoms with E-state index in [-0.39, 0.29) is 11.5 Å². The summed E-state index contributed by atoms with van der Waals surface area (Å²) in [6, 6.07) is 31.8. The van der Waals surface area contributed by atoms with Gasteiger partial charge in [-0.15, -0.1) is 11.8 Å². The number of carbonyl (C=O) groups is 1. The predicted octanol–water partition coefficient (Wildman–Crippen LogP) is 8.76. The molecule has 376 valence electrons. The summed E-state index contributed by atoms with van der Waals surface area (Å²) in [6.07, 6.45) is 0.919. The first kappa shape index (κ1) is 53.3. The van der Waals surface area contributed by atoms with Crippen molar-refractivity contribution in [2.24, 2.45) is 5.92 Å². The van der Waals surface area contributed by atoms with Crippen molar-refractivity contribution in [3.8, 4) is 11.1 Å². The molecule has 0 saturated carbocycles. The normalized spacial score (nSPS) is 16.4. The quantitative estimate of drug-likeness (QED) is 0.0327. The van der Waals surface area contributed by atoms with Crippen LogP contribution in [0.2, 0.25) is 5.02 Å². The van der Waals surface area contributed by atoms with E-state index < -0.39 is 73.5 Å². The fourth-order valence-electron chi connectivity index (χ4n) is 8.24. The Labute approximate surface area is 413 Å². The second kappa shape index (κ2) is 23.4. The van der Waals surface area contributed by atoms with Crippen LogP contribution in [-0.2, 0) is 38.4 Å². The first-order valence-electron chi connectivity index (χ1n) is 22.1. The summed E-state index contributed by atoms with van der Waals surface area (Å²) in [4.78, 5) is 35.0. The number of hydrogen-bond donors (Lipinski definition) is 4. The Hall–Kier alpha value is -4.51. The lowest BCUT2D eigenvalue weighted by Crippen LogP contribution is -2.39. The van der Waals surface area contributed by atoms with E-state index in [0.29, 0.717) is 87.7 Å². The highest BCUT2D eigenvalue weighted by atomic mass is 35.5. The van der Waals surface area contributed by atoms with Gasteiger partial charge in [-0.2, -0.15) is 13.2 Å². The molecule has 5 aromatic carbocycles. The molecular weight excluding hydrogens is 1020 g/mol. The molecule has 15 nitrogen and oxygen atoms in total. The van der Waals surface area contributed by atoms with Crippen molar-refractivity contribution in [2.75, 3.05) is 68.7 Å². The zero-order chi connectivity index (χ0) is 50.1. The number of sulfone groups is 1. The van der Waals surface area contributed by atoms with Gasteiger partial charge in [-0.3, -0.25) is 14.2 Å². The standard InChI is InChI=1S/C47H51ClF3N4O11PS3/c48-36-14-10-33(11-15-36)41-8-4-5-9-42(41)45(65-32-66-67(57,58)59)34-20-24-55(25-21-34)38-16-12-35(13-17-38)46(56)53-70(62,63)40-18-19-43(44(30-40)69(60,61)47(49,50)51)52-37(22-23-54-26-28-64-29-27-54)31-68-39-6-2-1-3-7-39/h1-19,30,34,37,45,52H,20-29,31-32H2,(H,53,56)(H2,57,58,59)/t37?,45-/m1/s1. The number of alkyl halides is 3. The molecule has 0 aromatic heterocycles. The Kier molecular flexibility index (Phi) is 17.8. The molecule has 1 amide bonds. The Balaban J connectivity index is 1.04. The van der Waals surface area contributed by atoms with Crippen LogP contribution in [0.1, 0.15) is 41.3 Å². The lowest BCUT2D eigenvalue weighted by atomic mass is 9.84. The van der Waals surface area contributed by atoms with Gasteiger partial charge >= 0.3 is 13.3 Å². The summed E-state index contributed by atoms with van der Waals surface area (Å²) in [5.41, 5.74) is -3.15. The van der Waals surface area contributed by atoms with Crippen LogP contribution in [0.25, 0.3) is 11.1 Å². The van der Waals surface area contributed by atoms with E-state index in [9.17, 15) is 49.2 Å². The smallest absolute Gasteiger partial charge is 0.380 e. The van der Waals surface area contributed by atoms with Crippen LogP contribution < -0.4 is 14.9 Å². The van der Waals surface area contributed by atoms with Gasteiger partial charge in [0.15, 0.2) is 6.79 Å². The number of rotatable bonds is 20. The fraction of sp³-hybridized carbons (Fsp3) is 0.340. The highest BCUT2D eigenvalue weighted by Gasteiger charge is 2.48. The molecule has 0 bridgehead atoms. The number of ether oxygens (including phenoxy) is 2. The number of amides is 1. The lowest BCUT2D eigenvalue weighted by molar-refractivity contribution is -0.0755. The molecule has 23 heteroatoms. The molecule has 2 atom stereocenters. The number of nitrogens with one attached hydrogen (secondary N) is 2. The third-order valence-electron chi connectivity index (χ3n) is 11.9. The number of phosphoric acid groups is 1. The Morgan fingerprint density at radius 2 is 1.53 bits per heavy atom. The molecule has 2 heterocycles. The molecule has 1 unspecified atom stereocenters. The first-order chi connectivity index (χ1) is 33.3. The zero-order valence-electron chi connectivity index (χ0n) is 37.4. The molecule has 0 spiro atoms. The number of piperidine rings is 1. The fourth-order valence-corrected chi connectivity index (χ4v) is 11.6. The summed E-state index contributed by atoms with van der Waals surface area (Å²) in [5, 5.41) is 3.52. The second-order valence-corrected chi connectivity index (χ2v) is 22.9. The number of nitrogens with zero attached hydrogens (tertiary/aromatic N) is 2. The van der Waals surface area contributed by atoms with Crippen LogP contribution in [0.4, 0.5) is 24.5 Å². The van der Waals surface area contributed by atoms with Crippen LogP contribution >= 0.6 is 31.2 Å². The van der Waals surface area contributed by atoms with Gasteiger partial charge in [0.1, 0.15) is 4.90 Å². The van der Waals surface area contributed by atoms with Crippen molar-refractivity contribution in [2.45, 2.75) is 51.6 Å². The van der Waals surface area contributed by atoms with Crippen molar-refractivity contribution in [3.05, 3.63) is 137 Å². The number of halogens is 4. The maximum Gasteiger partial charge on any atom is 0.501 e. The monoisotopic (exact) mass is 1070 g/mol. The van der Waals surface area contributed by atoms with Crippen LogP contribution in [0.5, 0.6) is 0 Å². The minimum Gasteiger partial charge on any atom is -0.380 e. The average Bonchev–Trinajstić information content (AvgIpc) is 3.34. The number of carbonyl (C=O) groups excluding carboxylic acids is 1. The molecule has 2 saturated heterocycles. The van der Waals surface area contributed by atoms with E-state index in [1.165, 1.54) is 23.9 Å². The van der Waals surface area contributed by atoms with Gasteiger partial charge in [-0.05, 0) is 109 Å². The maximum absolute atomic E-state index is 14.2. The van der Waals surface area contributed by atoms with Crippen molar-refractivity contribution < 1.29 is 63.2 Å². The first-order valence-corrected chi connectivity index (χ1v) is 27.9. The maximum atomic E-state index is 14.2. The summed E-state index contributed by atoms with van der Waals surface area (Å²) in [7, 11) is -15.9. The van der Waals surface area contributed by atoms with E-state index in [4.69, 9.17) is 21.1 Å². The van der Waals surface area contributed by atoms with Crippen LogP contribution in [-0.4, -0.2) is 107 Å². The number of benzene rings is 5. The molecule has 2 aliphatic heterocycles. The minimum atomic E-state index is -6.10. The number of hydrogen-bond acceptors (Lipinski definition) is 13. The highest BCUT2D eigenvalue weighted by Crippen LogP contribution is 2.42. The van der Waals surface area contributed by atoms with Crippen molar-refractivity contribution in [1.29, 1.82) is 0 Å². The number of sulfonamides is 1. The molecule has 2 fully saturated rings. The predicted molar refractivity (Wildman–Crippen MR) is 261 cm³/mol. The largest absolute Gasteiger partial charge is 0.501 e. The third kappa shape index (κ3) is 14.1. The van der Waals surface area contributed by atoms with Crippen molar-refractivity contribution >= 4 is 68.3 Å². The second-order valence-electron chi connectivity index (χ2n) is 16.5. The van der Waals surface area contributed by atoms with Gasteiger partial charge in [0.2, 0.25) is 0 Å². The number of phosphoric ester groups is 1. The molecule has 0 aliphatic carbocycles. The molecule has 4 N–H and O–H groups in total. The minimum absolute atomic E-state index is 0.0972. The molecular formula is C47H51ClF3N4O11PS3. The summed E-state index contributed by atoms with van der Waals surface area (Å²) in [6.45, 7) is 3.23. The van der Waals surface area contributed by atoms with Gasteiger partial charge in [0.25, 0.3) is 25.8 Å². The van der Waals surface area contributed by atoms with Crippen LogP contribution in [0.15, 0.2) is 136 Å². The zero-order valence-corrected chi connectivity index (χ0v) is 41.5. The molecule has 70 heavy (non-hydrogen) atoms. The molecule has 5 aromatic rings. The van der Waals surface area contributed by atoms with Crippen molar-refractivity contribution in [1.82, 2.24) is 9.62 Å². The van der Waals surface area contributed by atoms with Gasteiger partial charge in [-0.1, -0.05) is 66.2 Å². The SMILES string of the molecule is O=C(NS(=O)(=O)c1ccc(NC(CCN2CCOCC2)CSc2ccccc2)c(S(=O)(=O)C(F)(F)F)c1)c1ccc(N2CCC([C@@H](OCOP(=O)(O)O)c3ccccc3-c3ccc(Cl)cc3)CC2)cc1. The Morgan fingerprint density at radius 3 is 2.19 bits per heavy atom. The number of morpholine rings is 1. The lowest BCUT2D eigenvalue weighted by Gasteiger charge is -2.37. The van der Waals surface area contributed by atoms with Gasteiger partial charge < -0.3 is 29.5 Å². The number of thioether (sulfide) groups is 1. The molecule has 7 rings (SSSR count). The molecule has 0 radical (unpaired) electrons. The van der Waals surface area contributed by atoms with Crippen molar-refractivity contribution in [3.63, 3.8) is 0 Å². The van der Waals surface area contributed by atoms with E-state index in [1.54, 1.807) is 24.3 Å². The number of anilines is 2. The summed E-state index contributed by atoms with van der Waals surface area (Å²) >= 11 is 7.57. The van der Waals surface area contributed by atoms with Gasteiger partial charge in [0, 0.05) is 65.7 Å². The van der Waals surface area contributed by atoms with E-state index in [1.807, 2.05) is 76.4 Å². The Bertz CT molecular complexity index is 2840.